The van der Waals surface area contributed by atoms with E-state index in [0.29, 0.717) is 22.2 Å². The molecule has 1 aliphatic rings. The maximum atomic E-state index is 9.54. The highest BCUT2D eigenvalue weighted by molar-refractivity contribution is 7.80. The van der Waals surface area contributed by atoms with Crippen molar-refractivity contribution in [2.75, 3.05) is 13.2 Å². The molecule has 0 radical (unpaired) electrons. The van der Waals surface area contributed by atoms with Gasteiger partial charge in [-0.25, -0.2) is 9.97 Å². The number of nitrogens with zero attached hydrogens (tertiary/aromatic N) is 5. The lowest BCUT2D eigenvalue weighted by atomic mass is 9.88. The van der Waals surface area contributed by atoms with Gasteiger partial charge in [0.2, 0.25) is 0 Å². The number of thiol groups is 1. The molecule has 4 rings (SSSR count). The Hall–Kier alpha value is -2.43. The molecule has 3 aromatic rings. The Morgan fingerprint density at radius 2 is 2.12 bits per heavy atom. The normalized spacial score (nSPS) is 15.4. The molecule has 1 aliphatic heterocycles. The number of rotatable bonds is 2. The molecule has 1 saturated heterocycles. The summed E-state index contributed by atoms with van der Waals surface area (Å²) >= 11 is 4.46. The van der Waals surface area contributed by atoms with Gasteiger partial charge in [-0.3, -0.25) is 4.68 Å². The molecular weight excluding hydrogens is 334 g/mol. The fourth-order valence-electron chi connectivity index (χ4n) is 3.32. The third kappa shape index (κ3) is 2.99. The first kappa shape index (κ1) is 16.1. The summed E-state index contributed by atoms with van der Waals surface area (Å²) in [6.45, 7) is 1.44. The number of aromatic nitrogens is 4. The fraction of sp³-hybridized carbons (Fsp3) is 0.333. The molecule has 0 amide bonds. The number of pyridine rings is 2. The van der Waals surface area contributed by atoms with Crippen LogP contribution in [0.2, 0.25) is 0 Å². The van der Waals surface area contributed by atoms with Gasteiger partial charge in [-0.1, -0.05) is 0 Å². The van der Waals surface area contributed by atoms with Crippen LogP contribution >= 0.6 is 12.6 Å². The van der Waals surface area contributed by atoms with Crippen molar-refractivity contribution in [2.45, 2.75) is 23.8 Å². The van der Waals surface area contributed by atoms with Crippen molar-refractivity contribution in [3.63, 3.8) is 0 Å². The van der Waals surface area contributed by atoms with Gasteiger partial charge in [-0.15, -0.1) is 12.6 Å². The minimum Gasteiger partial charge on any atom is -0.381 e. The Morgan fingerprint density at radius 3 is 2.88 bits per heavy atom. The summed E-state index contributed by atoms with van der Waals surface area (Å²) in [4.78, 5) is 8.94. The van der Waals surface area contributed by atoms with Crippen LogP contribution in [0.5, 0.6) is 0 Å². The van der Waals surface area contributed by atoms with Crippen molar-refractivity contribution in [2.24, 2.45) is 7.05 Å². The summed E-state index contributed by atoms with van der Waals surface area (Å²) in [6, 6.07) is 6.29. The molecular formula is C18H17N5OS. The van der Waals surface area contributed by atoms with Crippen LogP contribution in [0.1, 0.15) is 29.9 Å². The Bertz CT molecular complexity index is 985. The van der Waals surface area contributed by atoms with Gasteiger partial charge >= 0.3 is 0 Å². The second-order valence-electron chi connectivity index (χ2n) is 6.23. The molecule has 0 aromatic carbocycles. The van der Waals surface area contributed by atoms with Gasteiger partial charge in [0, 0.05) is 43.6 Å². The predicted molar refractivity (Wildman–Crippen MR) is 96.5 cm³/mol. The zero-order chi connectivity index (χ0) is 17.4. The summed E-state index contributed by atoms with van der Waals surface area (Å²) in [5, 5.41) is 15.3. The van der Waals surface area contributed by atoms with E-state index in [1.165, 1.54) is 0 Å². The van der Waals surface area contributed by atoms with Crippen molar-refractivity contribution in [1.29, 1.82) is 5.26 Å². The van der Waals surface area contributed by atoms with Crippen LogP contribution in [-0.2, 0) is 11.8 Å². The number of nitriles is 1. The maximum absolute atomic E-state index is 9.54. The van der Waals surface area contributed by atoms with E-state index in [2.05, 4.69) is 33.8 Å². The third-order valence-corrected chi connectivity index (χ3v) is 4.90. The summed E-state index contributed by atoms with van der Waals surface area (Å²) < 4.78 is 7.19. The average Bonchev–Trinajstić information content (AvgIpc) is 3.01. The lowest BCUT2D eigenvalue weighted by Crippen LogP contribution is -2.15. The van der Waals surface area contributed by atoms with E-state index in [4.69, 9.17) is 4.74 Å². The van der Waals surface area contributed by atoms with Gasteiger partial charge in [0.25, 0.3) is 0 Å². The molecule has 25 heavy (non-hydrogen) atoms. The van der Waals surface area contributed by atoms with E-state index in [0.717, 1.165) is 48.3 Å². The Kier molecular flexibility index (Phi) is 4.15. The van der Waals surface area contributed by atoms with Crippen molar-refractivity contribution < 1.29 is 4.74 Å². The zero-order valence-corrected chi connectivity index (χ0v) is 14.7. The van der Waals surface area contributed by atoms with Crippen LogP contribution in [-0.4, -0.2) is 33.0 Å². The van der Waals surface area contributed by atoms with Gasteiger partial charge in [0.05, 0.1) is 11.3 Å². The lowest BCUT2D eigenvalue weighted by molar-refractivity contribution is 0.0852. The molecule has 126 valence electrons. The highest BCUT2D eigenvalue weighted by Crippen LogP contribution is 2.34. The Labute approximate surface area is 150 Å². The van der Waals surface area contributed by atoms with Crippen LogP contribution in [0, 0.1) is 11.3 Å². The molecule has 0 saturated carbocycles. The van der Waals surface area contributed by atoms with Gasteiger partial charge < -0.3 is 4.74 Å². The molecule has 0 unspecified atom stereocenters. The first-order chi connectivity index (χ1) is 12.2. The quantitative estimate of drug-likeness (QED) is 0.718. The zero-order valence-electron chi connectivity index (χ0n) is 13.8. The average molecular weight is 351 g/mol. The minimum atomic E-state index is 0.297. The van der Waals surface area contributed by atoms with Crippen molar-refractivity contribution >= 4 is 23.7 Å². The van der Waals surface area contributed by atoms with E-state index < -0.39 is 0 Å². The lowest BCUT2D eigenvalue weighted by Gasteiger charge is -2.24. The summed E-state index contributed by atoms with van der Waals surface area (Å²) in [5.41, 5.74) is 3.95. The van der Waals surface area contributed by atoms with Crippen molar-refractivity contribution in [1.82, 2.24) is 19.7 Å². The van der Waals surface area contributed by atoms with E-state index in [-0.39, 0.29) is 0 Å². The highest BCUT2D eigenvalue weighted by Gasteiger charge is 2.22. The number of aryl methyl sites for hydroxylation is 1. The number of hydrogen-bond donors (Lipinski definition) is 1. The van der Waals surface area contributed by atoms with Crippen molar-refractivity contribution in [3.8, 4) is 17.3 Å². The van der Waals surface area contributed by atoms with Crippen LogP contribution in [0.15, 0.2) is 29.6 Å². The minimum absolute atomic E-state index is 0.297. The van der Waals surface area contributed by atoms with Crippen LogP contribution < -0.4 is 0 Å². The van der Waals surface area contributed by atoms with Gasteiger partial charge in [-0.2, -0.15) is 10.4 Å². The molecule has 0 spiro atoms. The second kappa shape index (κ2) is 6.47. The van der Waals surface area contributed by atoms with Gasteiger partial charge in [0.15, 0.2) is 5.65 Å². The standard InChI is InChI=1S/C18H17N5OS/c1-23-10-13-6-12(9-20-17(13)22-23)16-7-14(11-2-4-24-5-3-11)15(8-19)18(25)21-16/h6-7,9-11H,2-5H2,1H3,(H,21,25). The molecule has 0 N–H and O–H groups in total. The molecule has 0 bridgehead atoms. The van der Waals surface area contributed by atoms with E-state index in [1.54, 1.807) is 10.9 Å². The highest BCUT2D eigenvalue weighted by atomic mass is 32.1. The van der Waals surface area contributed by atoms with Crippen LogP contribution in [0.3, 0.4) is 0 Å². The van der Waals surface area contributed by atoms with Crippen LogP contribution in [0.25, 0.3) is 22.3 Å². The Morgan fingerprint density at radius 1 is 1.32 bits per heavy atom. The largest absolute Gasteiger partial charge is 0.381 e. The predicted octanol–water partition coefficient (Wildman–Crippen LogP) is 3.08. The van der Waals surface area contributed by atoms with Crippen LogP contribution in [0.4, 0.5) is 0 Å². The molecule has 1 fully saturated rings. The fourth-order valence-corrected chi connectivity index (χ4v) is 3.60. The molecule has 0 aliphatic carbocycles. The topological polar surface area (TPSA) is 76.6 Å². The van der Waals surface area contributed by atoms with E-state index in [1.807, 2.05) is 25.4 Å². The first-order valence-electron chi connectivity index (χ1n) is 8.17. The third-order valence-electron chi connectivity index (χ3n) is 4.57. The van der Waals surface area contributed by atoms with Gasteiger partial charge in [0.1, 0.15) is 11.1 Å². The number of fused-ring (bicyclic) bond motifs is 1. The van der Waals surface area contributed by atoms with Gasteiger partial charge in [-0.05, 0) is 36.5 Å². The number of hydrogen-bond acceptors (Lipinski definition) is 6. The van der Waals surface area contributed by atoms with E-state index >= 15 is 0 Å². The van der Waals surface area contributed by atoms with E-state index in [9.17, 15) is 5.26 Å². The number of ether oxygens (including phenoxy) is 1. The summed E-state index contributed by atoms with van der Waals surface area (Å²) in [6.07, 6.45) is 5.51. The Balaban J connectivity index is 1.83. The SMILES string of the molecule is Cn1cc2cc(-c3cc(C4CCOCC4)c(C#N)c(S)n3)cnc2n1. The molecule has 0 atom stereocenters. The molecule has 6 nitrogen and oxygen atoms in total. The summed E-state index contributed by atoms with van der Waals surface area (Å²) in [7, 11) is 1.87. The molecule has 4 heterocycles. The second-order valence-corrected chi connectivity index (χ2v) is 6.66. The first-order valence-corrected chi connectivity index (χ1v) is 8.62. The monoisotopic (exact) mass is 351 g/mol. The maximum Gasteiger partial charge on any atom is 0.181 e. The smallest absolute Gasteiger partial charge is 0.181 e. The molecule has 7 heteroatoms. The van der Waals surface area contributed by atoms with Crippen molar-refractivity contribution in [3.05, 3.63) is 35.7 Å². The summed E-state index contributed by atoms with van der Waals surface area (Å²) in [5.74, 6) is 0.297. The molecule has 3 aromatic heterocycles.